The quantitative estimate of drug-likeness (QED) is 0.525. The molecule has 3 rings (SSSR count). The molecule has 0 fully saturated rings. The highest BCUT2D eigenvalue weighted by molar-refractivity contribution is 8.00. The second-order valence-electron chi connectivity index (χ2n) is 5.70. The van der Waals surface area contributed by atoms with Gasteiger partial charge in [0, 0.05) is 5.56 Å². The monoisotopic (exact) mass is 338 g/mol. The number of ketones is 1. The van der Waals surface area contributed by atoms with E-state index in [0.717, 1.165) is 16.8 Å². The number of hydrogen-bond donors (Lipinski definition) is 0. The molecule has 0 saturated carbocycles. The minimum Gasteiger partial charge on any atom is -0.293 e. The van der Waals surface area contributed by atoms with Crippen molar-refractivity contribution >= 4 is 17.5 Å². The summed E-state index contributed by atoms with van der Waals surface area (Å²) in [6.07, 6.45) is 0. The first-order valence-corrected chi connectivity index (χ1v) is 8.55. The number of aryl methyl sites for hydroxylation is 2. The van der Waals surface area contributed by atoms with Gasteiger partial charge in [0.1, 0.15) is 0 Å². The average Bonchev–Trinajstić information content (AvgIpc) is 3.03. The van der Waals surface area contributed by atoms with Crippen molar-refractivity contribution in [3.05, 3.63) is 65.2 Å². The van der Waals surface area contributed by atoms with Gasteiger partial charge in [0.25, 0.3) is 0 Å². The van der Waals surface area contributed by atoms with Crippen LogP contribution in [-0.2, 0) is 0 Å². The zero-order valence-electron chi connectivity index (χ0n) is 13.8. The van der Waals surface area contributed by atoms with E-state index >= 15 is 0 Å². The van der Waals surface area contributed by atoms with Crippen LogP contribution in [0.1, 0.15) is 28.4 Å². The molecule has 0 spiro atoms. The first kappa shape index (κ1) is 16.4. The molecule has 0 N–H and O–H groups in total. The molecule has 3 aromatic rings. The van der Waals surface area contributed by atoms with Crippen LogP contribution >= 0.6 is 11.8 Å². The normalized spacial score (nSPS) is 12.1. The lowest BCUT2D eigenvalue weighted by atomic mass is 10.1. The average molecular weight is 338 g/mol. The Balaban J connectivity index is 1.80. The molecule has 0 aliphatic heterocycles. The van der Waals surface area contributed by atoms with Gasteiger partial charge in [0.05, 0.1) is 10.9 Å². The molecule has 5 nitrogen and oxygen atoms in total. The standard InChI is InChI=1S/C18H18N4OS/c1-12-7-9-15(10-8-12)17(23)14(3)24-18-19-20-21-22(18)16-6-4-5-13(2)11-16/h4-11,14H,1-3H3. The summed E-state index contributed by atoms with van der Waals surface area (Å²) in [5, 5.41) is 12.2. The predicted molar refractivity (Wildman–Crippen MR) is 94.7 cm³/mol. The summed E-state index contributed by atoms with van der Waals surface area (Å²) in [5.41, 5.74) is 3.85. The minimum absolute atomic E-state index is 0.0683. The van der Waals surface area contributed by atoms with Crippen molar-refractivity contribution in [3.8, 4) is 5.69 Å². The Labute approximate surface area is 145 Å². The SMILES string of the molecule is Cc1ccc(C(=O)C(C)Sc2nnnn2-c2cccc(C)c2)cc1. The number of tetrazole rings is 1. The molecule has 24 heavy (non-hydrogen) atoms. The van der Waals surface area contributed by atoms with Gasteiger partial charge in [-0.2, -0.15) is 4.68 Å². The third-order valence-electron chi connectivity index (χ3n) is 3.67. The molecule has 0 aliphatic rings. The second-order valence-corrected chi connectivity index (χ2v) is 7.01. The Bertz CT molecular complexity index is 857. The van der Waals surface area contributed by atoms with Crippen molar-refractivity contribution in [1.82, 2.24) is 20.2 Å². The summed E-state index contributed by atoms with van der Waals surface area (Å²) >= 11 is 1.36. The molecular weight excluding hydrogens is 320 g/mol. The van der Waals surface area contributed by atoms with Crippen LogP contribution in [0.3, 0.4) is 0 Å². The maximum absolute atomic E-state index is 12.6. The number of nitrogens with zero attached hydrogens (tertiary/aromatic N) is 4. The lowest BCUT2D eigenvalue weighted by Crippen LogP contribution is -2.14. The predicted octanol–water partition coefficient (Wildman–Crippen LogP) is 3.64. The number of carbonyl (C=O) groups excluding carboxylic acids is 1. The van der Waals surface area contributed by atoms with Gasteiger partial charge in [-0.3, -0.25) is 4.79 Å². The number of rotatable bonds is 5. The Morgan fingerprint density at radius 3 is 2.54 bits per heavy atom. The van der Waals surface area contributed by atoms with Crippen molar-refractivity contribution in [1.29, 1.82) is 0 Å². The highest BCUT2D eigenvalue weighted by Gasteiger charge is 2.20. The molecule has 2 aromatic carbocycles. The molecule has 0 bridgehead atoms. The number of aromatic nitrogens is 4. The summed E-state index contributed by atoms with van der Waals surface area (Å²) < 4.78 is 1.66. The molecule has 0 amide bonds. The largest absolute Gasteiger partial charge is 0.293 e. The summed E-state index contributed by atoms with van der Waals surface area (Å²) in [6.45, 7) is 5.90. The lowest BCUT2D eigenvalue weighted by Gasteiger charge is -2.10. The van der Waals surface area contributed by atoms with Gasteiger partial charge in [-0.25, -0.2) is 0 Å². The highest BCUT2D eigenvalue weighted by Crippen LogP contribution is 2.25. The molecule has 122 valence electrons. The second kappa shape index (κ2) is 6.97. The van der Waals surface area contributed by atoms with Crippen LogP contribution in [0.2, 0.25) is 0 Å². The van der Waals surface area contributed by atoms with E-state index in [1.54, 1.807) is 4.68 Å². The first-order chi connectivity index (χ1) is 11.5. The van der Waals surface area contributed by atoms with Crippen molar-refractivity contribution in [3.63, 3.8) is 0 Å². The van der Waals surface area contributed by atoms with Crippen LogP contribution in [-0.4, -0.2) is 31.2 Å². The molecule has 0 aliphatic carbocycles. The molecule has 6 heteroatoms. The van der Waals surface area contributed by atoms with Gasteiger partial charge < -0.3 is 0 Å². The van der Waals surface area contributed by atoms with E-state index in [1.807, 2.05) is 69.3 Å². The van der Waals surface area contributed by atoms with Crippen LogP contribution in [0.25, 0.3) is 5.69 Å². The Kier molecular flexibility index (Phi) is 4.76. The highest BCUT2D eigenvalue weighted by atomic mass is 32.2. The van der Waals surface area contributed by atoms with E-state index in [2.05, 4.69) is 15.5 Å². The van der Waals surface area contributed by atoms with Crippen molar-refractivity contribution in [2.24, 2.45) is 0 Å². The van der Waals surface area contributed by atoms with Gasteiger partial charge in [-0.15, -0.1) is 5.10 Å². The van der Waals surface area contributed by atoms with E-state index < -0.39 is 0 Å². The number of thioether (sulfide) groups is 1. The van der Waals surface area contributed by atoms with Crippen molar-refractivity contribution in [2.75, 3.05) is 0 Å². The number of benzene rings is 2. The maximum Gasteiger partial charge on any atom is 0.214 e. The van der Waals surface area contributed by atoms with Crippen LogP contribution in [0, 0.1) is 13.8 Å². The zero-order chi connectivity index (χ0) is 17.1. The molecule has 0 saturated heterocycles. The smallest absolute Gasteiger partial charge is 0.214 e. The molecule has 1 atom stereocenters. The fraction of sp³-hybridized carbons (Fsp3) is 0.222. The fourth-order valence-corrected chi connectivity index (χ4v) is 3.22. The summed E-state index contributed by atoms with van der Waals surface area (Å²) in [7, 11) is 0. The Morgan fingerprint density at radius 1 is 1.08 bits per heavy atom. The fourth-order valence-electron chi connectivity index (χ4n) is 2.34. The van der Waals surface area contributed by atoms with E-state index in [9.17, 15) is 4.79 Å². The number of carbonyl (C=O) groups is 1. The summed E-state index contributed by atoms with van der Waals surface area (Å²) in [5.74, 6) is 0.0683. The van der Waals surface area contributed by atoms with Gasteiger partial charge in [-0.05, 0) is 48.9 Å². The third-order valence-corrected chi connectivity index (χ3v) is 4.71. The summed E-state index contributed by atoms with van der Waals surface area (Å²) in [6, 6.07) is 15.5. The van der Waals surface area contributed by atoms with Crippen LogP contribution < -0.4 is 0 Å². The minimum atomic E-state index is -0.276. The van der Waals surface area contributed by atoms with E-state index in [-0.39, 0.29) is 11.0 Å². The molecule has 1 aromatic heterocycles. The number of Topliss-reactive ketones (excluding diaryl/α,β-unsaturated/α-hetero) is 1. The van der Waals surface area contributed by atoms with Gasteiger partial charge in [0.15, 0.2) is 5.78 Å². The molecule has 1 unspecified atom stereocenters. The van der Waals surface area contributed by atoms with E-state index in [0.29, 0.717) is 10.7 Å². The maximum atomic E-state index is 12.6. The van der Waals surface area contributed by atoms with Gasteiger partial charge in [-0.1, -0.05) is 53.7 Å². The first-order valence-electron chi connectivity index (χ1n) is 7.67. The Hall–Kier alpha value is -2.47. The molecular formula is C18H18N4OS. The van der Waals surface area contributed by atoms with Gasteiger partial charge >= 0.3 is 0 Å². The zero-order valence-corrected chi connectivity index (χ0v) is 14.6. The summed E-state index contributed by atoms with van der Waals surface area (Å²) in [4.78, 5) is 12.6. The van der Waals surface area contributed by atoms with Crippen molar-refractivity contribution in [2.45, 2.75) is 31.2 Å². The third kappa shape index (κ3) is 3.54. The van der Waals surface area contributed by atoms with E-state index in [4.69, 9.17) is 0 Å². The van der Waals surface area contributed by atoms with Crippen LogP contribution in [0.5, 0.6) is 0 Å². The molecule has 0 radical (unpaired) electrons. The number of hydrogen-bond acceptors (Lipinski definition) is 5. The van der Waals surface area contributed by atoms with E-state index in [1.165, 1.54) is 11.8 Å². The van der Waals surface area contributed by atoms with Crippen LogP contribution in [0.4, 0.5) is 0 Å². The molecule has 1 heterocycles. The van der Waals surface area contributed by atoms with Crippen LogP contribution in [0.15, 0.2) is 53.7 Å². The topological polar surface area (TPSA) is 60.7 Å². The van der Waals surface area contributed by atoms with Gasteiger partial charge in [0.2, 0.25) is 5.16 Å². The lowest BCUT2D eigenvalue weighted by molar-refractivity contribution is 0.0994. The Morgan fingerprint density at radius 2 is 1.83 bits per heavy atom. The van der Waals surface area contributed by atoms with Crippen molar-refractivity contribution < 1.29 is 4.79 Å².